The van der Waals surface area contributed by atoms with Crippen LogP contribution >= 0.6 is 0 Å². The lowest BCUT2D eigenvalue weighted by atomic mass is 9.87. The number of rotatable bonds is 2. The van der Waals surface area contributed by atoms with Gasteiger partial charge in [0.05, 0.1) is 16.8 Å². The summed E-state index contributed by atoms with van der Waals surface area (Å²) >= 11 is 0. The van der Waals surface area contributed by atoms with Gasteiger partial charge in [-0.2, -0.15) is 13.2 Å². The smallest absolute Gasteiger partial charge is 0.304 e. The molecule has 8 heteroatoms. The van der Waals surface area contributed by atoms with Crippen molar-refractivity contribution in [3.05, 3.63) is 46.1 Å². The van der Waals surface area contributed by atoms with Crippen LogP contribution in [0.25, 0.3) is 22.4 Å². The highest BCUT2D eigenvalue weighted by Crippen LogP contribution is 2.37. The monoisotopic (exact) mass is 364 g/mol. The predicted molar refractivity (Wildman–Crippen MR) is 92.7 cm³/mol. The Morgan fingerprint density at radius 2 is 1.92 bits per heavy atom. The molecule has 0 spiro atoms. The molecule has 5 nitrogen and oxygen atoms in total. The van der Waals surface area contributed by atoms with E-state index in [0.29, 0.717) is 17.6 Å². The number of alkyl halides is 3. The fraction of sp³-hybridized carbons (Fsp3) is 0.389. The summed E-state index contributed by atoms with van der Waals surface area (Å²) in [5.74, 6) is 0. The molecule has 3 heterocycles. The SMILES string of the molecule is Cn1c(=O)[nH]c2c(CC(C)(C)C)cc(-c3cnccc3C(F)(F)F)nc21. The summed E-state index contributed by atoms with van der Waals surface area (Å²) in [6.07, 6.45) is -1.70. The maximum Gasteiger partial charge on any atom is 0.417 e. The summed E-state index contributed by atoms with van der Waals surface area (Å²) in [6, 6.07) is 2.54. The van der Waals surface area contributed by atoms with E-state index < -0.39 is 11.7 Å². The summed E-state index contributed by atoms with van der Waals surface area (Å²) in [6.45, 7) is 6.06. The van der Waals surface area contributed by atoms with E-state index in [1.54, 1.807) is 6.07 Å². The van der Waals surface area contributed by atoms with Crippen LogP contribution in [0, 0.1) is 5.41 Å². The van der Waals surface area contributed by atoms with E-state index in [0.717, 1.165) is 24.0 Å². The minimum atomic E-state index is -4.52. The van der Waals surface area contributed by atoms with E-state index >= 15 is 0 Å². The van der Waals surface area contributed by atoms with Gasteiger partial charge in [0.25, 0.3) is 0 Å². The fourth-order valence-electron chi connectivity index (χ4n) is 2.94. The minimum Gasteiger partial charge on any atom is -0.304 e. The average molecular weight is 364 g/mol. The van der Waals surface area contributed by atoms with Crippen LogP contribution in [-0.2, 0) is 19.6 Å². The maximum atomic E-state index is 13.4. The van der Waals surface area contributed by atoms with E-state index in [-0.39, 0.29) is 22.4 Å². The molecule has 0 radical (unpaired) electrons. The molecular weight excluding hydrogens is 345 g/mol. The average Bonchev–Trinajstić information content (AvgIpc) is 2.81. The number of H-pyrrole nitrogens is 1. The molecule has 0 aliphatic heterocycles. The number of fused-ring (bicyclic) bond motifs is 1. The zero-order chi connectivity index (χ0) is 19.3. The Bertz CT molecular complexity index is 1030. The van der Waals surface area contributed by atoms with Crippen LogP contribution in [0.1, 0.15) is 31.9 Å². The van der Waals surface area contributed by atoms with Crippen LogP contribution in [0.2, 0.25) is 0 Å². The number of aromatic amines is 1. The minimum absolute atomic E-state index is 0.106. The highest BCUT2D eigenvalue weighted by atomic mass is 19.4. The van der Waals surface area contributed by atoms with Crippen molar-refractivity contribution in [3.8, 4) is 11.3 Å². The molecule has 0 saturated heterocycles. The Kier molecular flexibility index (Phi) is 4.17. The molecule has 3 aromatic rings. The van der Waals surface area contributed by atoms with E-state index in [1.165, 1.54) is 11.6 Å². The van der Waals surface area contributed by atoms with E-state index in [2.05, 4.69) is 15.0 Å². The summed E-state index contributed by atoms with van der Waals surface area (Å²) < 4.78 is 41.5. The number of aromatic nitrogens is 4. The van der Waals surface area contributed by atoms with Gasteiger partial charge in [-0.05, 0) is 29.5 Å². The highest BCUT2D eigenvalue weighted by molar-refractivity contribution is 5.80. The number of nitrogens with zero attached hydrogens (tertiary/aromatic N) is 3. The van der Waals surface area contributed by atoms with Crippen LogP contribution in [0.4, 0.5) is 13.2 Å². The van der Waals surface area contributed by atoms with Crippen LogP contribution in [-0.4, -0.2) is 19.5 Å². The third kappa shape index (κ3) is 3.36. The zero-order valence-electron chi connectivity index (χ0n) is 14.9. The van der Waals surface area contributed by atoms with Gasteiger partial charge in [-0.25, -0.2) is 9.78 Å². The lowest BCUT2D eigenvalue weighted by molar-refractivity contribution is -0.137. The maximum absolute atomic E-state index is 13.4. The molecule has 0 unspecified atom stereocenters. The first-order valence-corrected chi connectivity index (χ1v) is 8.07. The van der Waals surface area contributed by atoms with Gasteiger partial charge >= 0.3 is 11.9 Å². The first-order valence-electron chi connectivity index (χ1n) is 8.07. The number of nitrogens with one attached hydrogen (secondary N) is 1. The second kappa shape index (κ2) is 5.96. The van der Waals surface area contributed by atoms with Crippen molar-refractivity contribution in [1.82, 2.24) is 19.5 Å². The summed E-state index contributed by atoms with van der Waals surface area (Å²) in [7, 11) is 1.53. The Morgan fingerprint density at radius 1 is 1.23 bits per heavy atom. The molecule has 0 fully saturated rings. The molecule has 26 heavy (non-hydrogen) atoms. The molecule has 0 aliphatic rings. The first kappa shape index (κ1) is 18.2. The second-order valence-electron chi connectivity index (χ2n) is 7.51. The van der Waals surface area contributed by atoms with Crippen molar-refractivity contribution in [2.45, 2.75) is 33.4 Å². The van der Waals surface area contributed by atoms with Crippen LogP contribution in [0.5, 0.6) is 0 Å². The fourth-order valence-corrected chi connectivity index (χ4v) is 2.94. The van der Waals surface area contributed by atoms with Gasteiger partial charge in [0.1, 0.15) is 0 Å². The molecule has 138 valence electrons. The standard InChI is InChI=1S/C18H19F3N4O/c1-17(2,3)8-10-7-13(23-15-14(10)24-16(26)25(15)4)11-9-22-6-5-12(11)18(19,20)21/h5-7,9H,8H2,1-4H3,(H,24,26). The van der Waals surface area contributed by atoms with Crippen molar-refractivity contribution < 1.29 is 13.2 Å². The van der Waals surface area contributed by atoms with Crippen LogP contribution in [0.15, 0.2) is 29.3 Å². The Morgan fingerprint density at radius 3 is 2.54 bits per heavy atom. The molecule has 0 bridgehead atoms. The first-order chi connectivity index (χ1) is 12.0. The second-order valence-corrected chi connectivity index (χ2v) is 7.51. The topological polar surface area (TPSA) is 63.6 Å². The predicted octanol–water partition coefficient (Wildman–Crippen LogP) is 3.93. The molecule has 0 atom stereocenters. The Labute approximate surface area is 147 Å². The lowest BCUT2D eigenvalue weighted by Gasteiger charge is -2.19. The molecular formula is C18H19F3N4O. The van der Waals surface area contributed by atoms with E-state index in [1.807, 2.05) is 20.8 Å². The van der Waals surface area contributed by atoms with Crippen molar-refractivity contribution >= 4 is 11.2 Å². The summed E-state index contributed by atoms with van der Waals surface area (Å²) in [4.78, 5) is 22.9. The largest absolute Gasteiger partial charge is 0.417 e. The number of halogens is 3. The Hall–Kier alpha value is -2.64. The van der Waals surface area contributed by atoms with Gasteiger partial charge < -0.3 is 4.98 Å². The third-order valence-electron chi connectivity index (χ3n) is 4.06. The molecule has 0 aliphatic carbocycles. The van der Waals surface area contributed by atoms with Gasteiger partial charge in [-0.3, -0.25) is 9.55 Å². The van der Waals surface area contributed by atoms with Crippen LogP contribution < -0.4 is 5.69 Å². The van der Waals surface area contributed by atoms with Crippen molar-refractivity contribution in [2.75, 3.05) is 0 Å². The van der Waals surface area contributed by atoms with E-state index in [9.17, 15) is 18.0 Å². The molecule has 0 saturated carbocycles. The van der Waals surface area contributed by atoms with Gasteiger partial charge in [0, 0.05) is 25.0 Å². The summed E-state index contributed by atoms with van der Waals surface area (Å²) in [5.41, 5.74) is 0.366. The molecule has 0 aromatic carbocycles. The highest BCUT2D eigenvalue weighted by Gasteiger charge is 2.34. The number of pyridine rings is 2. The van der Waals surface area contributed by atoms with Gasteiger partial charge in [-0.15, -0.1) is 0 Å². The zero-order valence-corrected chi connectivity index (χ0v) is 14.9. The molecule has 3 aromatic heterocycles. The number of aryl methyl sites for hydroxylation is 1. The number of imidazole rings is 1. The van der Waals surface area contributed by atoms with Gasteiger partial charge in [0.2, 0.25) is 0 Å². The molecule has 3 rings (SSSR count). The van der Waals surface area contributed by atoms with Gasteiger partial charge in [-0.1, -0.05) is 20.8 Å². The number of hydrogen-bond donors (Lipinski definition) is 1. The van der Waals surface area contributed by atoms with Gasteiger partial charge in [0.15, 0.2) is 5.65 Å². The summed E-state index contributed by atoms with van der Waals surface area (Å²) in [5, 5.41) is 0. The molecule has 1 N–H and O–H groups in total. The normalized spacial score (nSPS) is 12.7. The Balaban J connectivity index is 2.32. The number of hydrogen-bond acceptors (Lipinski definition) is 3. The molecule has 0 amide bonds. The van der Waals surface area contributed by atoms with Crippen LogP contribution in [0.3, 0.4) is 0 Å². The van der Waals surface area contributed by atoms with Crippen molar-refractivity contribution in [3.63, 3.8) is 0 Å². The van der Waals surface area contributed by atoms with E-state index in [4.69, 9.17) is 0 Å². The lowest BCUT2D eigenvalue weighted by Crippen LogP contribution is -2.12. The van der Waals surface area contributed by atoms with Crippen molar-refractivity contribution in [1.29, 1.82) is 0 Å². The quantitative estimate of drug-likeness (QED) is 0.749. The third-order valence-corrected chi connectivity index (χ3v) is 4.06. The van der Waals surface area contributed by atoms with Crippen molar-refractivity contribution in [2.24, 2.45) is 12.5 Å².